The summed E-state index contributed by atoms with van der Waals surface area (Å²) in [7, 11) is 1.64. The predicted molar refractivity (Wildman–Crippen MR) is 76.2 cm³/mol. The molecule has 1 aromatic heterocycles. The van der Waals surface area contributed by atoms with Crippen molar-refractivity contribution < 1.29 is 4.74 Å². The van der Waals surface area contributed by atoms with Gasteiger partial charge in [0.2, 0.25) is 0 Å². The Hall–Kier alpha value is -0.880. The van der Waals surface area contributed by atoms with Gasteiger partial charge in [-0.1, -0.05) is 13.8 Å². The first-order chi connectivity index (χ1) is 8.93. The third-order valence-electron chi connectivity index (χ3n) is 4.49. The number of anilines is 1. The summed E-state index contributed by atoms with van der Waals surface area (Å²) in [5.41, 5.74) is 0.731. The summed E-state index contributed by atoms with van der Waals surface area (Å²) in [5.74, 6) is 0.533. The van der Waals surface area contributed by atoms with Gasteiger partial charge in [0.15, 0.2) is 0 Å². The molecule has 6 heteroatoms. The Morgan fingerprint density at radius 1 is 1.58 bits per heavy atom. The lowest BCUT2D eigenvalue weighted by atomic mass is 9.57. The summed E-state index contributed by atoms with van der Waals surface area (Å²) in [5, 5.41) is 7.54. The molecule has 0 unspecified atom stereocenters. The minimum Gasteiger partial charge on any atom is -0.379 e. The first kappa shape index (κ1) is 13.1. The fourth-order valence-electron chi connectivity index (χ4n) is 3.40. The molecule has 0 bridgehead atoms. The average molecular weight is 328 g/mol. The van der Waals surface area contributed by atoms with E-state index in [-0.39, 0.29) is 11.0 Å². The third-order valence-corrected chi connectivity index (χ3v) is 5.26. The van der Waals surface area contributed by atoms with Crippen molar-refractivity contribution in [2.75, 3.05) is 11.9 Å². The SMILES string of the molecule is Cn1ncc(N[C@@H]2[C@H]3CCO[C@@H]3C2(C)C)c(Br)c1=O. The van der Waals surface area contributed by atoms with Crippen molar-refractivity contribution in [3.63, 3.8) is 0 Å². The molecule has 5 nitrogen and oxygen atoms in total. The second-order valence-corrected chi connectivity index (χ2v) is 6.78. The van der Waals surface area contributed by atoms with Crippen molar-refractivity contribution in [1.82, 2.24) is 9.78 Å². The van der Waals surface area contributed by atoms with Crippen LogP contribution in [0, 0.1) is 11.3 Å². The van der Waals surface area contributed by atoms with E-state index in [9.17, 15) is 4.79 Å². The van der Waals surface area contributed by atoms with Crippen LogP contribution in [0.4, 0.5) is 5.69 Å². The Bertz CT molecular complexity index is 569. The second-order valence-electron chi connectivity index (χ2n) is 5.99. The molecule has 0 aromatic carbocycles. The average Bonchev–Trinajstić information content (AvgIpc) is 2.82. The van der Waals surface area contributed by atoms with Gasteiger partial charge < -0.3 is 10.1 Å². The molecule has 2 aliphatic rings. The fraction of sp³-hybridized carbons (Fsp3) is 0.692. The Morgan fingerprint density at radius 2 is 2.32 bits per heavy atom. The van der Waals surface area contributed by atoms with Crippen molar-refractivity contribution in [2.24, 2.45) is 18.4 Å². The van der Waals surface area contributed by atoms with Gasteiger partial charge in [-0.25, -0.2) is 4.68 Å². The highest BCUT2D eigenvalue weighted by Gasteiger charge is 2.59. The molecule has 1 aliphatic heterocycles. The lowest BCUT2D eigenvalue weighted by molar-refractivity contribution is -0.0923. The van der Waals surface area contributed by atoms with Crippen molar-refractivity contribution in [3.8, 4) is 0 Å². The summed E-state index contributed by atoms with van der Waals surface area (Å²) in [6.45, 7) is 5.26. The number of ether oxygens (including phenoxy) is 1. The standard InChI is InChI=1S/C13H18BrN3O2/c1-13(2)10(7-4-5-19-11(7)13)16-8-6-15-17(3)12(18)9(8)14/h6-7,10-11,16H,4-5H2,1-3H3/t7-,10-,11+/m1/s1. The maximum Gasteiger partial charge on any atom is 0.282 e. The van der Waals surface area contributed by atoms with Crippen LogP contribution in [0.15, 0.2) is 15.5 Å². The fourth-order valence-corrected chi connectivity index (χ4v) is 3.87. The molecule has 1 aromatic rings. The second kappa shape index (κ2) is 4.31. The monoisotopic (exact) mass is 327 g/mol. The molecule has 3 atom stereocenters. The Labute approximate surface area is 120 Å². The number of aromatic nitrogens is 2. The van der Waals surface area contributed by atoms with Gasteiger partial charge >= 0.3 is 0 Å². The van der Waals surface area contributed by atoms with Crippen LogP contribution in [0.3, 0.4) is 0 Å². The van der Waals surface area contributed by atoms with Gasteiger partial charge in [-0.3, -0.25) is 4.79 Å². The van der Waals surface area contributed by atoms with Crippen molar-refractivity contribution in [1.29, 1.82) is 0 Å². The number of hydrogen-bond acceptors (Lipinski definition) is 4. The maximum absolute atomic E-state index is 11.9. The Balaban J connectivity index is 1.87. The summed E-state index contributed by atoms with van der Waals surface area (Å²) >= 11 is 3.36. The van der Waals surface area contributed by atoms with E-state index in [2.05, 4.69) is 40.2 Å². The zero-order valence-electron chi connectivity index (χ0n) is 11.3. The van der Waals surface area contributed by atoms with Crippen molar-refractivity contribution in [2.45, 2.75) is 32.4 Å². The molecule has 0 radical (unpaired) electrons. The number of aryl methyl sites for hydroxylation is 1. The van der Waals surface area contributed by atoms with E-state index in [1.807, 2.05) is 0 Å². The van der Waals surface area contributed by atoms with Crippen LogP contribution < -0.4 is 10.9 Å². The van der Waals surface area contributed by atoms with Gasteiger partial charge in [-0.2, -0.15) is 5.10 Å². The summed E-state index contributed by atoms with van der Waals surface area (Å²) < 4.78 is 7.64. The van der Waals surface area contributed by atoms with Crippen LogP contribution >= 0.6 is 15.9 Å². The van der Waals surface area contributed by atoms with E-state index >= 15 is 0 Å². The van der Waals surface area contributed by atoms with Crippen LogP contribution in [0.1, 0.15) is 20.3 Å². The first-order valence-electron chi connectivity index (χ1n) is 6.53. The molecule has 104 valence electrons. The highest BCUT2D eigenvalue weighted by atomic mass is 79.9. The van der Waals surface area contributed by atoms with E-state index in [1.165, 1.54) is 4.68 Å². The highest BCUT2D eigenvalue weighted by Crippen LogP contribution is 2.53. The van der Waals surface area contributed by atoms with E-state index in [4.69, 9.17) is 4.74 Å². The lowest BCUT2D eigenvalue weighted by Gasteiger charge is -2.55. The van der Waals surface area contributed by atoms with E-state index in [0.29, 0.717) is 22.5 Å². The minimum absolute atomic E-state index is 0.0850. The van der Waals surface area contributed by atoms with Gasteiger partial charge in [0.05, 0.1) is 18.0 Å². The quantitative estimate of drug-likeness (QED) is 0.899. The number of hydrogen-bond donors (Lipinski definition) is 1. The number of fused-ring (bicyclic) bond motifs is 1. The molecule has 19 heavy (non-hydrogen) atoms. The van der Waals surface area contributed by atoms with Crippen LogP contribution in [-0.4, -0.2) is 28.5 Å². The molecule has 3 rings (SSSR count). The molecule has 0 spiro atoms. The van der Waals surface area contributed by atoms with E-state index in [1.54, 1.807) is 13.2 Å². The van der Waals surface area contributed by atoms with Crippen molar-refractivity contribution >= 4 is 21.6 Å². The summed E-state index contributed by atoms with van der Waals surface area (Å²) in [6.07, 6.45) is 3.12. The number of halogens is 1. The summed E-state index contributed by atoms with van der Waals surface area (Å²) in [4.78, 5) is 11.9. The van der Waals surface area contributed by atoms with Gasteiger partial charge in [-0.05, 0) is 22.4 Å². The van der Waals surface area contributed by atoms with Gasteiger partial charge in [0, 0.05) is 31.0 Å². The van der Waals surface area contributed by atoms with Crippen LogP contribution in [0.25, 0.3) is 0 Å². The first-order valence-corrected chi connectivity index (χ1v) is 7.32. The van der Waals surface area contributed by atoms with Gasteiger partial charge in [0.25, 0.3) is 5.56 Å². The maximum atomic E-state index is 11.9. The summed E-state index contributed by atoms with van der Waals surface area (Å²) in [6, 6.07) is 0.324. The number of rotatable bonds is 2. The molecule has 2 heterocycles. The number of nitrogens with one attached hydrogen (secondary N) is 1. The molecule has 1 saturated heterocycles. The van der Waals surface area contributed by atoms with Gasteiger partial charge in [-0.15, -0.1) is 0 Å². The van der Waals surface area contributed by atoms with E-state index in [0.717, 1.165) is 18.7 Å². The molecule has 1 N–H and O–H groups in total. The lowest BCUT2D eigenvalue weighted by Crippen LogP contribution is -2.63. The minimum atomic E-state index is -0.124. The number of nitrogens with zero attached hydrogens (tertiary/aromatic N) is 2. The zero-order valence-corrected chi connectivity index (χ0v) is 12.9. The molecule has 0 amide bonds. The third kappa shape index (κ3) is 1.84. The predicted octanol–water partition coefficient (Wildman–Crippen LogP) is 1.77. The topological polar surface area (TPSA) is 56.1 Å². The molecular weight excluding hydrogens is 310 g/mol. The smallest absolute Gasteiger partial charge is 0.282 e. The van der Waals surface area contributed by atoms with Crippen LogP contribution in [0.2, 0.25) is 0 Å². The normalized spacial score (nSPS) is 31.7. The Morgan fingerprint density at radius 3 is 3.05 bits per heavy atom. The Kier molecular flexibility index (Phi) is 2.98. The van der Waals surface area contributed by atoms with Crippen LogP contribution in [-0.2, 0) is 11.8 Å². The molecule has 1 aliphatic carbocycles. The zero-order chi connectivity index (χ0) is 13.8. The van der Waals surface area contributed by atoms with Crippen LogP contribution in [0.5, 0.6) is 0 Å². The van der Waals surface area contributed by atoms with Gasteiger partial charge in [0.1, 0.15) is 4.47 Å². The largest absolute Gasteiger partial charge is 0.379 e. The van der Waals surface area contributed by atoms with Crippen molar-refractivity contribution in [3.05, 3.63) is 21.0 Å². The van der Waals surface area contributed by atoms with E-state index < -0.39 is 0 Å². The molecule has 2 fully saturated rings. The molecular formula is C13H18BrN3O2. The highest BCUT2D eigenvalue weighted by molar-refractivity contribution is 9.10. The molecule has 1 saturated carbocycles.